The van der Waals surface area contributed by atoms with E-state index in [0.29, 0.717) is 18.5 Å². The molecule has 1 aromatic rings. The van der Waals surface area contributed by atoms with Gasteiger partial charge in [0, 0.05) is 19.6 Å². The lowest BCUT2D eigenvalue weighted by atomic mass is 9.95. The van der Waals surface area contributed by atoms with Gasteiger partial charge < -0.3 is 25.4 Å². The van der Waals surface area contributed by atoms with Crippen molar-refractivity contribution in [3.63, 3.8) is 0 Å². The van der Waals surface area contributed by atoms with Crippen LogP contribution in [0.25, 0.3) is 0 Å². The minimum Gasteiger partial charge on any atom is -0.493 e. The molecule has 0 atom stereocenters. The maximum Gasteiger partial charge on any atom is 0.239 e. The van der Waals surface area contributed by atoms with E-state index in [1.165, 1.54) is 19.3 Å². The Kier molecular flexibility index (Phi) is 8.74. The summed E-state index contributed by atoms with van der Waals surface area (Å²) >= 11 is 0. The Bertz CT molecular complexity index is 628. The van der Waals surface area contributed by atoms with Gasteiger partial charge in [-0.15, -0.1) is 0 Å². The molecule has 1 aromatic carbocycles. The van der Waals surface area contributed by atoms with Crippen LogP contribution < -0.4 is 25.4 Å². The van der Waals surface area contributed by atoms with Gasteiger partial charge >= 0.3 is 0 Å². The predicted molar refractivity (Wildman–Crippen MR) is 108 cm³/mol. The fourth-order valence-electron chi connectivity index (χ4n) is 3.27. The van der Waals surface area contributed by atoms with Gasteiger partial charge in [0.2, 0.25) is 5.91 Å². The summed E-state index contributed by atoms with van der Waals surface area (Å²) in [6, 6.07) is 6.20. The van der Waals surface area contributed by atoms with Crippen molar-refractivity contribution >= 4 is 11.9 Å². The fourth-order valence-corrected chi connectivity index (χ4v) is 3.27. The number of carbonyl (C=O) groups excluding carboxylic acids is 1. The number of amides is 1. The lowest BCUT2D eigenvalue weighted by Gasteiger charge is -2.23. The highest BCUT2D eigenvalue weighted by molar-refractivity contribution is 5.86. The number of aliphatic imine (C=N–C) groups is 1. The molecular formula is C20H32N4O3. The second-order valence-corrected chi connectivity index (χ2v) is 6.69. The summed E-state index contributed by atoms with van der Waals surface area (Å²) in [4.78, 5) is 16.2. The van der Waals surface area contributed by atoms with Gasteiger partial charge in [0.15, 0.2) is 17.5 Å². The number of benzene rings is 1. The van der Waals surface area contributed by atoms with Gasteiger partial charge in [0.1, 0.15) is 0 Å². The summed E-state index contributed by atoms with van der Waals surface area (Å²) in [5.41, 5.74) is 1.13. The number of nitrogens with zero attached hydrogens (tertiary/aromatic N) is 1. The first-order valence-corrected chi connectivity index (χ1v) is 9.61. The minimum absolute atomic E-state index is 0.0183. The van der Waals surface area contributed by atoms with E-state index in [1.807, 2.05) is 18.2 Å². The van der Waals surface area contributed by atoms with Crippen LogP contribution in [0.1, 0.15) is 37.7 Å². The monoisotopic (exact) mass is 376 g/mol. The number of methoxy groups -OCH3 is 2. The van der Waals surface area contributed by atoms with Crippen molar-refractivity contribution in [2.75, 3.05) is 34.4 Å². The van der Waals surface area contributed by atoms with E-state index in [2.05, 4.69) is 20.9 Å². The van der Waals surface area contributed by atoms with Crippen LogP contribution in [-0.4, -0.2) is 52.3 Å². The Morgan fingerprint density at radius 2 is 1.85 bits per heavy atom. The van der Waals surface area contributed by atoms with E-state index in [9.17, 15) is 4.79 Å². The largest absolute Gasteiger partial charge is 0.493 e. The molecule has 1 fully saturated rings. The third-order valence-electron chi connectivity index (χ3n) is 4.76. The summed E-state index contributed by atoms with van der Waals surface area (Å²) in [6.07, 6.45) is 6.67. The van der Waals surface area contributed by atoms with Crippen molar-refractivity contribution in [1.29, 1.82) is 0 Å². The van der Waals surface area contributed by atoms with Crippen molar-refractivity contribution in [1.82, 2.24) is 16.0 Å². The number of carbonyl (C=O) groups is 1. The molecule has 1 aliphatic rings. The number of ether oxygens (including phenoxy) is 2. The number of hydrogen-bond donors (Lipinski definition) is 3. The average Bonchev–Trinajstić information content (AvgIpc) is 2.71. The van der Waals surface area contributed by atoms with Gasteiger partial charge in [-0.2, -0.15) is 0 Å². The third kappa shape index (κ3) is 7.00. The lowest BCUT2D eigenvalue weighted by Crippen LogP contribution is -2.46. The quantitative estimate of drug-likeness (QED) is 0.476. The van der Waals surface area contributed by atoms with Gasteiger partial charge in [-0.05, 0) is 37.0 Å². The standard InChI is InChI=1S/C20H32N4O3/c1-21-20(23-14-19(25)24-16-7-5-4-6-8-16)22-12-11-15-9-10-17(26-2)18(13-15)27-3/h9-10,13,16H,4-8,11-12,14H2,1-3H3,(H,24,25)(H2,21,22,23). The van der Waals surface area contributed by atoms with Crippen LogP contribution in [0.4, 0.5) is 0 Å². The second-order valence-electron chi connectivity index (χ2n) is 6.69. The van der Waals surface area contributed by atoms with Crippen molar-refractivity contribution < 1.29 is 14.3 Å². The second kappa shape index (κ2) is 11.3. The number of hydrogen-bond acceptors (Lipinski definition) is 4. The summed E-state index contributed by atoms with van der Waals surface area (Å²) in [6.45, 7) is 0.923. The Labute approximate surface area is 161 Å². The van der Waals surface area contributed by atoms with E-state index in [0.717, 1.165) is 36.3 Å². The molecule has 1 aliphatic carbocycles. The van der Waals surface area contributed by atoms with Crippen LogP contribution in [0, 0.1) is 0 Å². The molecule has 150 valence electrons. The molecule has 0 heterocycles. The zero-order chi connectivity index (χ0) is 19.5. The van der Waals surface area contributed by atoms with Gasteiger partial charge in [-0.1, -0.05) is 25.3 Å². The molecule has 27 heavy (non-hydrogen) atoms. The Balaban J connectivity index is 1.71. The first kappa shape index (κ1) is 20.9. The fraction of sp³-hybridized carbons (Fsp3) is 0.600. The molecule has 7 heteroatoms. The minimum atomic E-state index is 0.0183. The topological polar surface area (TPSA) is 84.0 Å². The molecule has 0 saturated heterocycles. The first-order chi connectivity index (χ1) is 13.2. The van der Waals surface area contributed by atoms with Crippen molar-refractivity contribution in [2.45, 2.75) is 44.6 Å². The van der Waals surface area contributed by atoms with Crippen molar-refractivity contribution in [3.05, 3.63) is 23.8 Å². The van der Waals surface area contributed by atoms with Crippen molar-refractivity contribution in [3.8, 4) is 11.5 Å². The summed E-state index contributed by atoms with van der Waals surface area (Å²) in [5, 5.41) is 9.39. The van der Waals surface area contributed by atoms with Crippen LogP contribution in [-0.2, 0) is 11.2 Å². The predicted octanol–water partition coefficient (Wildman–Crippen LogP) is 1.86. The Hall–Kier alpha value is -2.44. The summed E-state index contributed by atoms with van der Waals surface area (Å²) < 4.78 is 10.6. The van der Waals surface area contributed by atoms with E-state index >= 15 is 0 Å². The zero-order valence-corrected chi connectivity index (χ0v) is 16.6. The molecule has 1 amide bonds. The highest BCUT2D eigenvalue weighted by Gasteiger charge is 2.15. The van der Waals surface area contributed by atoms with E-state index in [1.54, 1.807) is 21.3 Å². The Morgan fingerprint density at radius 3 is 2.52 bits per heavy atom. The molecule has 0 radical (unpaired) electrons. The molecule has 7 nitrogen and oxygen atoms in total. The number of nitrogens with one attached hydrogen (secondary N) is 3. The zero-order valence-electron chi connectivity index (χ0n) is 16.6. The third-order valence-corrected chi connectivity index (χ3v) is 4.76. The molecule has 1 saturated carbocycles. The molecule has 2 rings (SSSR count). The SMILES string of the molecule is CN=C(NCCc1ccc(OC)c(OC)c1)NCC(=O)NC1CCCCC1. The van der Waals surface area contributed by atoms with Crippen LogP contribution in [0.2, 0.25) is 0 Å². The molecule has 0 bridgehead atoms. The van der Waals surface area contributed by atoms with Crippen LogP contribution >= 0.6 is 0 Å². The number of rotatable bonds is 8. The van der Waals surface area contributed by atoms with E-state index in [-0.39, 0.29) is 12.5 Å². The molecule has 0 aromatic heterocycles. The maximum atomic E-state index is 12.1. The smallest absolute Gasteiger partial charge is 0.239 e. The lowest BCUT2D eigenvalue weighted by molar-refractivity contribution is -0.120. The van der Waals surface area contributed by atoms with E-state index < -0.39 is 0 Å². The van der Waals surface area contributed by atoms with Gasteiger partial charge in [-0.25, -0.2) is 0 Å². The molecule has 0 spiro atoms. The van der Waals surface area contributed by atoms with Crippen LogP contribution in [0.15, 0.2) is 23.2 Å². The normalized spacial score (nSPS) is 15.1. The highest BCUT2D eigenvalue weighted by atomic mass is 16.5. The van der Waals surface area contributed by atoms with Crippen molar-refractivity contribution in [2.24, 2.45) is 4.99 Å². The summed E-state index contributed by atoms with van der Waals surface area (Å²) in [5.74, 6) is 2.08. The Morgan fingerprint density at radius 1 is 1.11 bits per heavy atom. The molecule has 3 N–H and O–H groups in total. The van der Waals surface area contributed by atoms with Crippen LogP contribution in [0.5, 0.6) is 11.5 Å². The maximum absolute atomic E-state index is 12.1. The van der Waals surface area contributed by atoms with Gasteiger partial charge in [0.05, 0.1) is 20.8 Å². The molecule has 0 unspecified atom stereocenters. The van der Waals surface area contributed by atoms with Gasteiger partial charge in [-0.3, -0.25) is 9.79 Å². The highest BCUT2D eigenvalue weighted by Crippen LogP contribution is 2.27. The molecule has 0 aliphatic heterocycles. The van der Waals surface area contributed by atoms with Gasteiger partial charge in [0.25, 0.3) is 0 Å². The van der Waals surface area contributed by atoms with E-state index in [4.69, 9.17) is 9.47 Å². The molecular weight excluding hydrogens is 344 g/mol. The number of guanidine groups is 1. The first-order valence-electron chi connectivity index (χ1n) is 9.61. The average molecular weight is 377 g/mol. The summed E-state index contributed by atoms with van der Waals surface area (Å²) in [7, 11) is 4.95. The van der Waals surface area contributed by atoms with Crippen LogP contribution in [0.3, 0.4) is 0 Å².